The fraction of sp³-hybridized carbons (Fsp3) is 0.615. The fourth-order valence-corrected chi connectivity index (χ4v) is 2.86. The quantitative estimate of drug-likeness (QED) is 0.435. The SMILES string of the molecule is CCC(C)CN(CC)c1sc(C(C)=O)cc1[N+](=O)[O-]. The predicted octanol–water partition coefficient (Wildman–Crippen LogP) is 3.73. The number of nitro groups is 1. The highest BCUT2D eigenvalue weighted by molar-refractivity contribution is 7.18. The molecule has 1 heterocycles. The minimum atomic E-state index is -0.405. The summed E-state index contributed by atoms with van der Waals surface area (Å²) in [5.74, 6) is 0.335. The first-order valence-corrected chi connectivity index (χ1v) is 7.26. The van der Waals surface area contributed by atoms with E-state index in [0.717, 1.165) is 13.0 Å². The van der Waals surface area contributed by atoms with E-state index in [1.807, 2.05) is 11.8 Å². The van der Waals surface area contributed by atoms with Crippen LogP contribution in [0.15, 0.2) is 6.07 Å². The second-order valence-electron chi connectivity index (χ2n) is 4.67. The van der Waals surface area contributed by atoms with Crippen LogP contribution in [0.25, 0.3) is 0 Å². The van der Waals surface area contributed by atoms with Gasteiger partial charge in [0.15, 0.2) is 10.8 Å². The molecule has 0 aromatic carbocycles. The number of carbonyl (C=O) groups is 1. The molecule has 6 heteroatoms. The zero-order valence-electron chi connectivity index (χ0n) is 11.8. The van der Waals surface area contributed by atoms with Crippen LogP contribution in [0.1, 0.15) is 43.8 Å². The first kappa shape index (κ1) is 15.6. The third-order valence-corrected chi connectivity index (χ3v) is 4.42. The Bertz CT molecular complexity index is 470. The van der Waals surface area contributed by atoms with Crippen LogP contribution in [-0.2, 0) is 0 Å². The van der Waals surface area contributed by atoms with Gasteiger partial charge in [0.05, 0.1) is 9.80 Å². The van der Waals surface area contributed by atoms with Crippen molar-refractivity contribution in [1.82, 2.24) is 0 Å². The average molecular weight is 284 g/mol. The van der Waals surface area contributed by atoms with Crippen LogP contribution in [-0.4, -0.2) is 23.8 Å². The smallest absolute Gasteiger partial charge is 0.304 e. The van der Waals surface area contributed by atoms with E-state index in [-0.39, 0.29) is 11.5 Å². The molecule has 0 saturated heterocycles. The number of hydrogen-bond donors (Lipinski definition) is 0. The van der Waals surface area contributed by atoms with E-state index in [1.165, 1.54) is 24.3 Å². The largest absolute Gasteiger partial charge is 0.358 e. The minimum absolute atomic E-state index is 0.0420. The molecule has 0 saturated carbocycles. The van der Waals surface area contributed by atoms with E-state index in [4.69, 9.17) is 0 Å². The standard InChI is InChI=1S/C13H20N2O3S/c1-5-9(3)8-14(6-2)13-11(15(17)18)7-12(19-13)10(4)16/h7,9H,5-6,8H2,1-4H3. The minimum Gasteiger partial charge on any atom is -0.358 e. The molecule has 0 spiro atoms. The molecule has 0 aliphatic rings. The second-order valence-corrected chi connectivity index (χ2v) is 5.70. The molecule has 5 nitrogen and oxygen atoms in total. The summed E-state index contributed by atoms with van der Waals surface area (Å²) < 4.78 is 0. The van der Waals surface area contributed by atoms with Crippen molar-refractivity contribution in [3.63, 3.8) is 0 Å². The van der Waals surface area contributed by atoms with Gasteiger partial charge in [-0.05, 0) is 19.8 Å². The molecule has 1 atom stereocenters. The Labute approximate surface area is 117 Å². The lowest BCUT2D eigenvalue weighted by Crippen LogP contribution is -2.27. The van der Waals surface area contributed by atoms with Crippen molar-refractivity contribution in [2.75, 3.05) is 18.0 Å². The molecular formula is C13H20N2O3S. The van der Waals surface area contributed by atoms with Crippen LogP contribution in [0.2, 0.25) is 0 Å². The molecule has 0 amide bonds. The number of carbonyl (C=O) groups excluding carboxylic acids is 1. The van der Waals surface area contributed by atoms with Gasteiger partial charge in [-0.15, -0.1) is 11.3 Å². The summed E-state index contributed by atoms with van der Waals surface area (Å²) >= 11 is 1.22. The number of rotatable bonds is 7. The fourth-order valence-electron chi connectivity index (χ4n) is 1.76. The lowest BCUT2D eigenvalue weighted by molar-refractivity contribution is -0.383. The van der Waals surface area contributed by atoms with Crippen LogP contribution in [0.3, 0.4) is 0 Å². The highest BCUT2D eigenvalue weighted by Crippen LogP contribution is 2.38. The summed E-state index contributed by atoms with van der Waals surface area (Å²) in [6.07, 6.45) is 1.02. The summed E-state index contributed by atoms with van der Waals surface area (Å²) in [4.78, 5) is 24.5. The van der Waals surface area contributed by atoms with Gasteiger partial charge in [-0.25, -0.2) is 0 Å². The lowest BCUT2D eigenvalue weighted by atomic mass is 10.1. The Morgan fingerprint density at radius 1 is 1.53 bits per heavy atom. The van der Waals surface area contributed by atoms with Gasteiger partial charge in [0, 0.05) is 19.2 Å². The average Bonchev–Trinajstić information content (AvgIpc) is 2.80. The van der Waals surface area contributed by atoms with Gasteiger partial charge in [-0.2, -0.15) is 0 Å². The van der Waals surface area contributed by atoms with Gasteiger partial charge >= 0.3 is 5.69 Å². The van der Waals surface area contributed by atoms with Crippen LogP contribution < -0.4 is 4.90 Å². The monoisotopic (exact) mass is 284 g/mol. The van der Waals surface area contributed by atoms with Crippen molar-refractivity contribution >= 4 is 27.8 Å². The van der Waals surface area contributed by atoms with Crippen LogP contribution in [0, 0.1) is 16.0 Å². The van der Waals surface area contributed by atoms with E-state index in [0.29, 0.717) is 22.3 Å². The van der Waals surface area contributed by atoms with Crippen molar-refractivity contribution in [3.8, 4) is 0 Å². The van der Waals surface area contributed by atoms with Gasteiger partial charge in [0.25, 0.3) is 0 Å². The van der Waals surface area contributed by atoms with Crippen LogP contribution >= 0.6 is 11.3 Å². The van der Waals surface area contributed by atoms with Gasteiger partial charge in [0.2, 0.25) is 0 Å². The lowest BCUT2D eigenvalue weighted by Gasteiger charge is -2.23. The van der Waals surface area contributed by atoms with Crippen molar-refractivity contribution in [1.29, 1.82) is 0 Å². The molecule has 0 fully saturated rings. The third kappa shape index (κ3) is 3.76. The molecule has 0 radical (unpaired) electrons. The molecular weight excluding hydrogens is 264 g/mol. The van der Waals surface area contributed by atoms with Crippen molar-refractivity contribution in [3.05, 3.63) is 21.1 Å². The maximum Gasteiger partial charge on any atom is 0.304 e. The Balaban J connectivity index is 3.14. The maximum absolute atomic E-state index is 11.4. The summed E-state index contributed by atoms with van der Waals surface area (Å²) in [5, 5.41) is 11.7. The summed E-state index contributed by atoms with van der Waals surface area (Å²) in [6.45, 7) is 9.09. The topological polar surface area (TPSA) is 63.5 Å². The highest BCUT2D eigenvalue weighted by atomic mass is 32.1. The van der Waals surface area contributed by atoms with E-state index >= 15 is 0 Å². The van der Waals surface area contributed by atoms with Gasteiger partial charge in [0.1, 0.15) is 0 Å². The first-order valence-electron chi connectivity index (χ1n) is 6.44. The Hall–Kier alpha value is -1.43. The molecule has 1 aromatic heterocycles. The van der Waals surface area contributed by atoms with Gasteiger partial charge < -0.3 is 4.90 Å². The molecule has 0 N–H and O–H groups in total. The summed E-state index contributed by atoms with van der Waals surface area (Å²) in [6, 6.07) is 1.39. The zero-order chi connectivity index (χ0) is 14.6. The molecule has 0 bridgehead atoms. The van der Waals surface area contributed by atoms with Gasteiger partial charge in [-0.1, -0.05) is 20.3 Å². The third-order valence-electron chi connectivity index (χ3n) is 3.14. The van der Waals surface area contributed by atoms with Crippen LogP contribution in [0.5, 0.6) is 0 Å². The van der Waals surface area contributed by atoms with E-state index in [1.54, 1.807) is 0 Å². The Morgan fingerprint density at radius 3 is 2.58 bits per heavy atom. The summed E-state index contributed by atoms with van der Waals surface area (Å²) in [7, 11) is 0. The van der Waals surface area contributed by atoms with Crippen molar-refractivity contribution < 1.29 is 9.72 Å². The molecule has 0 aliphatic carbocycles. The molecule has 1 aromatic rings. The Morgan fingerprint density at radius 2 is 2.16 bits per heavy atom. The normalized spacial score (nSPS) is 12.2. The number of hydrogen-bond acceptors (Lipinski definition) is 5. The molecule has 1 rings (SSSR count). The number of Topliss-reactive ketones (excluding diaryl/α,β-unsaturated/α-hetero) is 1. The molecule has 106 valence electrons. The van der Waals surface area contributed by atoms with Crippen LogP contribution in [0.4, 0.5) is 10.7 Å². The molecule has 19 heavy (non-hydrogen) atoms. The Kier molecular flexibility index (Phi) is 5.47. The number of nitrogens with zero attached hydrogens (tertiary/aromatic N) is 2. The number of anilines is 1. The highest BCUT2D eigenvalue weighted by Gasteiger charge is 2.25. The van der Waals surface area contributed by atoms with Crippen molar-refractivity contribution in [2.45, 2.75) is 34.1 Å². The maximum atomic E-state index is 11.4. The van der Waals surface area contributed by atoms with Crippen molar-refractivity contribution in [2.24, 2.45) is 5.92 Å². The van der Waals surface area contributed by atoms with Gasteiger partial charge in [-0.3, -0.25) is 14.9 Å². The number of thiophene rings is 1. The van der Waals surface area contributed by atoms with E-state index in [2.05, 4.69) is 13.8 Å². The molecule has 0 aliphatic heterocycles. The number of ketones is 1. The summed E-state index contributed by atoms with van der Waals surface area (Å²) in [5.41, 5.74) is 0.0420. The first-order chi connectivity index (χ1) is 8.90. The molecule has 1 unspecified atom stereocenters. The second kappa shape index (κ2) is 6.65. The van der Waals surface area contributed by atoms with E-state index in [9.17, 15) is 14.9 Å². The zero-order valence-corrected chi connectivity index (χ0v) is 12.6. The predicted molar refractivity (Wildman–Crippen MR) is 78.3 cm³/mol. The van der Waals surface area contributed by atoms with E-state index < -0.39 is 4.92 Å².